The van der Waals surface area contributed by atoms with Crippen molar-refractivity contribution in [3.63, 3.8) is 0 Å². The van der Waals surface area contributed by atoms with Gasteiger partial charge >= 0.3 is 0 Å². The summed E-state index contributed by atoms with van der Waals surface area (Å²) in [5, 5.41) is 6.02. The quantitative estimate of drug-likeness (QED) is 0.189. The molecule has 4 aromatic rings. The number of ether oxygens (including phenoxy) is 1. The number of aromatic nitrogens is 3. The smallest absolute Gasteiger partial charge is 0.237 e. The first kappa shape index (κ1) is 28.2. The summed E-state index contributed by atoms with van der Waals surface area (Å²) in [5.74, 6) is -6.27. The number of alkyl halides is 1. The van der Waals surface area contributed by atoms with Crippen molar-refractivity contribution in [3.8, 4) is 22.9 Å². The van der Waals surface area contributed by atoms with Gasteiger partial charge in [0.25, 0.3) is 0 Å². The molecule has 41 heavy (non-hydrogen) atoms. The predicted molar refractivity (Wildman–Crippen MR) is 144 cm³/mol. The van der Waals surface area contributed by atoms with Crippen LogP contribution in [0.5, 0.6) is 11.6 Å². The Balaban J connectivity index is 1.38. The van der Waals surface area contributed by atoms with Gasteiger partial charge in [-0.05, 0) is 23.8 Å². The zero-order valence-electron chi connectivity index (χ0n) is 21.3. The van der Waals surface area contributed by atoms with Gasteiger partial charge in [0.1, 0.15) is 11.9 Å². The molecule has 0 aliphatic carbocycles. The highest BCUT2D eigenvalue weighted by Gasteiger charge is 2.26. The summed E-state index contributed by atoms with van der Waals surface area (Å²) in [5.41, 5.74) is -0.269. The summed E-state index contributed by atoms with van der Waals surface area (Å²) in [4.78, 5) is 12.6. The number of anilines is 2. The van der Waals surface area contributed by atoms with Gasteiger partial charge in [0, 0.05) is 44.0 Å². The average molecular weight is 589 g/mol. The van der Waals surface area contributed by atoms with E-state index in [1.54, 1.807) is 35.1 Å². The van der Waals surface area contributed by atoms with E-state index in [0.29, 0.717) is 18.2 Å². The molecule has 1 aliphatic heterocycles. The number of nitrogens with zero attached hydrogens (tertiary/aromatic N) is 3. The van der Waals surface area contributed by atoms with E-state index >= 15 is 4.39 Å². The Morgan fingerprint density at radius 2 is 1.78 bits per heavy atom. The summed E-state index contributed by atoms with van der Waals surface area (Å²) in [6.45, 7) is 0.790. The number of hydrogen-bond acceptors (Lipinski definition) is 8. The summed E-state index contributed by atoms with van der Waals surface area (Å²) >= 11 is 0. The normalized spacial score (nSPS) is 17.2. The largest absolute Gasteiger partial charge is 0.435 e. The van der Waals surface area contributed by atoms with E-state index in [4.69, 9.17) is 4.74 Å². The van der Waals surface area contributed by atoms with E-state index in [1.807, 2.05) is 0 Å². The Kier molecular flexibility index (Phi) is 8.31. The van der Waals surface area contributed by atoms with Crippen molar-refractivity contribution in [2.24, 2.45) is 0 Å². The third kappa shape index (κ3) is 6.89. The van der Waals surface area contributed by atoms with Crippen molar-refractivity contribution in [2.75, 3.05) is 23.1 Å². The second kappa shape index (κ2) is 12.1. The van der Waals surface area contributed by atoms with Crippen LogP contribution in [-0.2, 0) is 15.8 Å². The molecule has 0 saturated carbocycles. The van der Waals surface area contributed by atoms with Crippen molar-refractivity contribution in [1.82, 2.24) is 20.3 Å². The maximum atomic E-state index is 15.0. The topological polar surface area (TPSA) is 118 Å². The number of sulfonamides is 1. The summed E-state index contributed by atoms with van der Waals surface area (Å²) in [7, 11) is -4.28. The highest BCUT2D eigenvalue weighted by Crippen LogP contribution is 2.36. The van der Waals surface area contributed by atoms with Gasteiger partial charge in [-0.3, -0.25) is 4.72 Å². The average Bonchev–Trinajstić information content (AvgIpc) is 2.95. The van der Waals surface area contributed by atoms with Gasteiger partial charge in [-0.1, -0.05) is 30.3 Å². The van der Waals surface area contributed by atoms with Crippen LogP contribution < -0.4 is 20.1 Å². The molecule has 2 aromatic carbocycles. The fourth-order valence-electron chi connectivity index (χ4n) is 4.26. The minimum atomic E-state index is -4.28. The van der Waals surface area contributed by atoms with E-state index in [-0.39, 0.29) is 42.1 Å². The van der Waals surface area contributed by atoms with Crippen LogP contribution in [-0.4, -0.2) is 48.7 Å². The predicted octanol–water partition coefficient (Wildman–Crippen LogP) is 4.80. The first-order chi connectivity index (χ1) is 19.7. The van der Waals surface area contributed by atoms with Gasteiger partial charge in [-0.15, -0.1) is 0 Å². The lowest BCUT2D eigenvalue weighted by molar-refractivity contribution is 0.254. The SMILES string of the molecule is O=S(=O)(Cc1ccccc1)Nc1c(F)cc(Oc2ncccc2-c2ccnc(N[C@@H]3CNC[C@H](F)C3)n2)c(F)c1F. The third-order valence-corrected chi connectivity index (χ3v) is 7.35. The van der Waals surface area contributed by atoms with E-state index in [1.165, 1.54) is 30.6 Å². The third-order valence-electron chi connectivity index (χ3n) is 6.12. The monoisotopic (exact) mass is 588 g/mol. The minimum absolute atomic E-state index is 0.202. The zero-order valence-corrected chi connectivity index (χ0v) is 22.1. The van der Waals surface area contributed by atoms with Crippen LogP contribution in [0, 0.1) is 17.5 Å². The van der Waals surface area contributed by atoms with E-state index in [9.17, 15) is 21.6 Å². The second-order valence-electron chi connectivity index (χ2n) is 9.26. The molecule has 1 fully saturated rings. The van der Waals surface area contributed by atoms with Gasteiger partial charge in [0.2, 0.25) is 27.7 Å². The first-order valence-electron chi connectivity index (χ1n) is 12.5. The Morgan fingerprint density at radius 1 is 0.976 bits per heavy atom. The fourth-order valence-corrected chi connectivity index (χ4v) is 5.46. The van der Waals surface area contributed by atoms with Crippen molar-refractivity contribution >= 4 is 21.7 Å². The van der Waals surface area contributed by atoms with Gasteiger partial charge in [0.05, 0.1) is 17.0 Å². The Morgan fingerprint density at radius 3 is 2.56 bits per heavy atom. The van der Waals surface area contributed by atoms with Gasteiger partial charge in [0.15, 0.2) is 17.4 Å². The molecule has 1 saturated heterocycles. The standard InChI is InChI=1S/C27H24F4N6O3S/c28-17-11-18(14-32-13-17)35-27-34-10-8-21(36-27)19-7-4-9-33-26(19)40-22-12-20(29)25(24(31)23(22)30)37-41(38,39)15-16-5-2-1-3-6-16/h1-10,12,17-18,32,37H,11,13-15H2,(H,34,35,36)/t17-,18+/m1/s1. The molecule has 1 aliphatic rings. The van der Waals surface area contributed by atoms with Crippen LogP contribution >= 0.6 is 0 Å². The fraction of sp³-hybridized carbons (Fsp3) is 0.222. The molecule has 0 amide bonds. The van der Waals surface area contributed by atoms with Crippen LogP contribution in [0.4, 0.5) is 29.2 Å². The molecule has 5 rings (SSSR count). The molecule has 3 heterocycles. The zero-order chi connectivity index (χ0) is 29.0. The number of hydrogen-bond donors (Lipinski definition) is 3. The summed E-state index contributed by atoms with van der Waals surface area (Å²) in [6.07, 6.45) is 2.03. The van der Waals surface area contributed by atoms with Crippen molar-refractivity contribution in [3.05, 3.63) is 90.0 Å². The number of halogens is 4. The molecule has 2 aromatic heterocycles. The lowest BCUT2D eigenvalue weighted by Crippen LogP contribution is -2.44. The van der Waals surface area contributed by atoms with E-state index in [2.05, 4.69) is 25.6 Å². The van der Waals surface area contributed by atoms with E-state index in [0.717, 1.165) is 0 Å². The minimum Gasteiger partial charge on any atom is -0.435 e. The highest BCUT2D eigenvalue weighted by atomic mass is 32.2. The number of benzene rings is 2. The van der Waals surface area contributed by atoms with Gasteiger partial charge in [-0.25, -0.2) is 36.5 Å². The summed E-state index contributed by atoms with van der Waals surface area (Å²) < 4.78 is 90.8. The molecular weight excluding hydrogens is 564 g/mol. The molecule has 14 heteroatoms. The van der Waals surface area contributed by atoms with Crippen LogP contribution in [0.2, 0.25) is 0 Å². The molecule has 9 nitrogen and oxygen atoms in total. The van der Waals surface area contributed by atoms with Crippen molar-refractivity contribution < 1.29 is 30.7 Å². The number of nitrogens with one attached hydrogen (secondary N) is 3. The molecule has 0 spiro atoms. The second-order valence-corrected chi connectivity index (χ2v) is 11.0. The molecule has 0 bridgehead atoms. The maximum absolute atomic E-state index is 15.0. The molecule has 3 N–H and O–H groups in total. The van der Waals surface area contributed by atoms with Crippen LogP contribution in [0.15, 0.2) is 67.0 Å². The molecule has 2 atom stereocenters. The Hall–Kier alpha value is -4.30. The highest BCUT2D eigenvalue weighted by molar-refractivity contribution is 7.91. The van der Waals surface area contributed by atoms with Crippen LogP contribution in [0.3, 0.4) is 0 Å². The van der Waals surface area contributed by atoms with Crippen molar-refractivity contribution in [2.45, 2.75) is 24.4 Å². The van der Waals surface area contributed by atoms with Crippen molar-refractivity contribution in [1.29, 1.82) is 0 Å². The lowest BCUT2D eigenvalue weighted by atomic mass is 10.1. The number of pyridine rings is 1. The molecular formula is C27H24F4N6O3S. The Bertz CT molecular complexity index is 1650. The Labute approximate surface area is 233 Å². The molecule has 214 valence electrons. The van der Waals surface area contributed by atoms with Crippen LogP contribution in [0.1, 0.15) is 12.0 Å². The van der Waals surface area contributed by atoms with E-state index < -0.39 is 50.8 Å². The van der Waals surface area contributed by atoms with Gasteiger partial charge < -0.3 is 15.4 Å². The molecule has 0 unspecified atom stereocenters. The number of piperidine rings is 1. The summed E-state index contributed by atoms with van der Waals surface area (Å²) in [6, 6.07) is 12.8. The maximum Gasteiger partial charge on any atom is 0.237 e. The first-order valence-corrected chi connectivity index (χ1v) is 14.1. The lowest BCUT2D eigenvalue weighted by Gasteiger charge is -2.26. The van der Waals surface area contributed by atoms with Crippen LogP contribution in [0.25, 0.3) is 11.3 Å². The van der Waals surface area contributed by atoms with Gasteiger partial charge in [-0.2, -0.15) is 4.39 Å². The molecule has 0 radical (unpaired) electrons. The number of rotatable bonds is 9.